The normalized spacial score (nSPS) is 34.6. The van der Waals surface area contributed by atoms with Crippen molar-refractivity contribution in [1.29, 1.82) is 0 Å². The number of nitrogens with two attached hydrogens (primary N) is 1. The van der Waals surface area contributed by atoms with Gasteiger partial charge in [0.1, 0.15) is 11.4 Å². The molecule has 2 heterocycles. The van der Waals surface area contributed by atoms with Gasteiger partial charge in [0.15, 0.2) is 0 Å². The number of likely N-dealkylation sites (N-methyl/N-ethyl adjacent to an activating group) is 1. The molecule has 0 aromatic heterocycles. The van der Waals surface area contributed by atoms with E-state index in [9.17, 15) is 4.79 Å². The zero-order valence-corrected chi connectivity index (χ0v) is 9.99. The fourth-order valence-electron chi connectivity index (χ4n) is 3.09. The molecule has 1 fully saturated rings. The average molecular weight is 224 g/mol. The topological polar surface area (TPSA) is 70.7 Å². The highest BCUT2D eigenvalue weighted by atomic mass is 16.2. The standard InChI is InChI=1S/C11H20N4O/c1-3-8-7-13-6-5-11(8)9(12)14-10(16)15(11)4-2/h8,13H,3-7H2,1-2H3,(H2,12,14,16). The molecule has 2 aliphatic heterocycles. The Labute approximate surface area is 96.1 Å². The van der Waals surface area contributed by atoms with Crippen molar-refractivity contribution in [2.45, 2.75) is 32.2 Å². The lowest BCUT2D eigenvalue weighted by Gasteiger charge is -2.46. The third-order valence-electron chi connectivity index (χ3n) is 3.93. The van der Waals surface area contributed by atoms with Crippen molar-refractivity contribution in [3.8, 4) is 0 Å². The van der Waals surface area contributed by atoms with Crippen LogP contribution in [-0.2, 0) is 0 Å². The zero-order valence-electron chi connectivity index (χ0n) is 9.99. The van der Waals surface area contributed by atoms with Crippen molar-refractivity contribution in [2.24, 2.45) is 16.6 Å². The van der Waals surface area contributed by atoms with Gasteiger partial charge in [0.2, 0.25) is 0 Å². The zero-order chi connectivity index (χ0) is 11.8. The summed E-state index contributed by atoms with van der Waals surface area (Å²) in [7, 11) is 0. The second-order valence-corrected chi connectivity index (χ2v) is 4.51. The van der Waals surface area contributed by atoms with E-state index < -0.39 is 0 Å². The lowest BCUT2D eigenvalue weighted by atomic mass is 9.75. The maximum Gasteiger partial charge on any atom is 0.346 e. The fraction of sp³-hybridized carbons (Fsp3) is 0.818. The molecule has 16 heavy (non-hydrogen) atoms. The van der Waals surface area contributed by atoms with Crippen LogP contribution in [0.15, 0.2) is 4.99 Å². The summed E-state index contributed by atoms with van der Waals surface area (Å²) in [5.74, 6) is 0.893. The monoisotopic (exact) mass is 224 g/mol. The van der Waals surface area contributed by atoms with Crippen LogP contribution in [0.3, 0.4) is 0 Å². The van der Waals surface area contributed by atoms with Crippen LogP contribution in [-0.4, -0.2) is 41.9 Å². The van der Waals surface area contributed by atoms with E-state index in [0.717, 1.165) is 25.9 Å². The third-order valence-corrected chi connectivity index (χ3v) is 3.93. The van der Waals surface area contributed by atoms with Crippen LogP contribution in [0.1, 0.15) is 26.7 Å². The summed E-state index contributed by atoms with van der Waals surface area (Å²) >= 11 is 0. The summed E-state index contributed by atoms with van der Waals surface area (Å²) in [4.78, 5) is 17.6. The summed E-state index contributed by atoms with van der Waals surface area (Å²) in [5.41, 5.74) is 5.71. The van der Waals surface area contributed by atoms with Gasteiger partial charge in [-0.05, 0) is 26.3 Å². The highest BCUT2D eigenvalue weighted by Crippen LogP contribution is 2.37. The van der Waals surface area contributed by atoms with E-state index in [4.69, 9.17) is 5.73 Å². The second kappa shape index (κ2) is 4.05. The molecule has 5 heteroatoms. The molecule has 0 saturated carbocycles. The van der Waals surface area contributed by atoms with Gasteiger partial charge in [0.25, 0.3) is 0 Å². The smallest absolute Gasteiger partial charge is 0.346 e. The predicted octanol–water partition coefficient (Wildman–Crippen LogP) is 0.557. The average Bonchev–Trinajstić information content (AvgIpc) is 2.52. The number of urea groups is 1. The first-order valence-electron chi connectivity index (χ1n) is 6.03. The van der Waals surface area contributed by atoms with Crippen LogP contribution in [0.5, 0.6) is 0 Å². The molecule has 1 spiro atoms. The van der Waals surface area contributed by atoms with Crippen molar-refractivity contribution in [1.82, 2.24) is 10.2 Å². The maximum absolute atomic E-state index is 11.8. The van der Waals surface area contributed by atoms with E-state index in [1.54, 1.807) is 0 Å². The van der Waals surface area contributed by atoms with Gasteiger partial charge in [0.05, 0.1) is 0 Å². The number of nitrogens with one attached hydrogen (secondary N) is 1. The first-order valence-corrected chi connectivity index (χ1v) is 6.03. The molecule has 0 bridgehead atoms. The molecule has 3 N–H and O–H groups in total. The van der Waals surface area contributed by atoms with Crippen LogP contribution < -0.4 is 11.1 Å². The Hall–Kier alpha value is -1.10. The minimum absolute atomic E-state index is 0.166. The molecule has 2 atom stereocenters. The minimum Gasteiger partial charge on any atom is -0.385 e. The highest BCUT2D eigenvalue weighted by molar-refractivity contribution is 6.06. The predicted molar refractivity (Wildman–Crippen MR) is 63.4 cm³/mol. The number of carbonyl (C=O) groups excluding carboxylic acids is 1. The number of aliphatic imine (C=N–C) groups is 1. The third kappa shape index (κ3) is 1.34. The molecule has 0 radical (unpaired) electrons. The molecular formula is C11H20N4O. The Morgan fingerprint density at radius 3 is 3.00 bits per heavy atom. The molecule has 2 aliphatic rings. The lowest BCUT2D eigenvalue weighted by Crippen LogP contribution is -2.64. The molecule has 2 unspecified atom stereocenters. The summed E-state index contributed by atoms with van der Waals surface area (Å²) in [6, 6.07) is -0.166. The number of amides is 2. The van der Waals surface area contributed by atoms with Crippen molar-refractivity contribution in [3.05, 3.63) is 0 Å². The van der Waals surface area contributed by atoms with Gasteiger partial charge in [-0.2, -0.15) is 4.99 Å². The van der Waals surface area contributed by atoms with Crippen LogP contribution in [0.4, 0.5) is 4.79 Å². The molecule has 0 aliphatic carbocycles. The van der Waals surface area contributed by atoms with E-state index in [1.165, 1.54) is 0 Å². The van der Waals surface area contributed by atoms with Gasteiger partial charge >= 0.3 is 6.03 Å². The molecule has 1 saturated heterocycles. The first-order chi connectivity index (χ1) is 7.66. The van der Waals surface area contributed by atoms with Crippen LogP contribution in [0.25, 0.3) is 0 Å². The van der Waals surface area contributed by atoms with Crippen molar-refractivity contribution in [3.63, 3.8) is 0 Å². The highest BCUT2D eigenvalue weighted by Gasteiger charge is 2.53. The minimum atomic E-state index is -0.314. The number of rotatable bonds is 2. The van der Waals surface area contributed by atoms with Crippen LogP contribution >= 0.6 is 0 Å². The van der Waals surface area contributed by atoms with E-state index in [2.05, 4.69) is 17.2 Å². The quantitative estimate of drug-likeness (QED) is 0.720. The SMILES string of the molecule is CCC1CNCCC12C(N)=NC(=O)N2CC. The number of nitrogens with zero attached hydrogens (tertiary/aromatic N) is 2. The van der Waals surface area contributed by atoms with Crippen LogP contribution in [0.2, 0.25) is 0 Å². The van der Waals surface area contributed by atoms with Gasteiger partial charge in [-0.1, -0.05) is 6.92 Å². The van der Waals surface area contributed by atoms with Crippen molar-refractivity contribution >= 4 is 11.9 Å². The van der Waals surface area contributed by atoms with Crippen LogP contribution in [0, 0.1) is 5.92 Å². The number of piperidine rings is 1. The Morgan fingerprint density at radius 2 is 2.38 bits per heavy atom. The lowest BCUT2D eigenvalue weighted by molar-refractivity contribution is 0.104. The molecule has 2 amide bonds. The number of amidine groups is 1. The Morgan fingerprint density at radius 1 is 1.62 bits per heavy atom. The van der Waals surface area contributed by atoms with E-state index in [1.807, 2.05) is 11.8 Å². The van der Waals surface area contributed by atoms with Gasteiger partial charge in [-0.3, -0.25) is 0 Å². The van der Waals surface area contributed by atoms with E-state index in [0.29, 0.717) is 18.3 Å². The molecule has 90 valence electrons. The Balaban J connectivity index is 2.39. The molecule has 0 aromatic rings. The van der Waals surface area contributed by atoms with Gasteiger partial charge in [-0.25, -0.2) is 4.79 Å². The number of hydrogen-bond acceptors (Lipinski definition) is 3. The Kier molecular flexibility index (Phi) is 2.88. The molecule has 5 nitrogen and oxygen atoms in total. The molecular weight excluding hydrogens is 204 g/mol. The Bertz CT molecular complexity index is 328. The molecule has 0 aromatic carbocycles. The van der Waals surface area contributed by atoms with Crippen molar-refractivity contribution < 1.29 is 4.79 Å². The summed E-state index contributed by atoms with van der Waals surface area (Å²) < 4.78 is 0. The van der Waals surface area contributed by atoms with E-state index in [-0.39, 0.29) is 11.6 Å². The van der Waals surface area contributed by atoms with Crippen molar-refractivity contribution in [2.75, 3.05) is 19.6 Å². The summed E-state index contributed by atoms with van der Waals surface area (Å²) in [6.45, 7) is 6.62. The fourth-order valence-corrected chi connectivity index (χ4v) is 3.09. The summed E-state index contributed by atoms with van der Waals surface area (Å²) in [6.07, 6.45) is 1.88. The second-order valence-electron chi connectivity index (χ2n) is 4.51. The molecule has 2 rings (SSSR count). The number of carbonyl (C=O) groups is 1. The van der Waals surface area contributed by atoms with E-state index >= 15 is 0 Å². The van der Waals surface area contributed by atoms with Gasteiger partial charge in [-0.15, -0.1) is 0 Å². The van der Waals surface area contributed by atoms with Gasteiger partial charge in [0, 0.05) is 19.0 Å². The summed E-state index contributed by atoms with van der Waals surface area (Å²) in [5, 5.41) is 3.37. The number of hydrogen-bond donors (Lipinski definition) is 2. The largest absolute Gasteiger partial charge is 0.385 e. The first kappa shape index (κ1) is 11.4. The maximum atomic E-state index is 11.8. The van der Waals surface area contributed by atoms with Gasteiger partial charge < -0.3 is 16.0 Å².